The number of hydrogen-bond donors (Lipinski definition) is 0. The van der Waals surface area contributed by atoms with Gasteiger partial charge in [0.25, 0.3) is 5.91 Å². The molecule has 0 atom stereocenters. The summed E-state index contributed by atoms with van der Waals surface area (Å²) in [6, 6.07) is 11.6. The highest BCUT2D eigenvalue weighted by molar-refractivity contribution is 5.96. The fraction of sp³-hybridized carbons (Fsp3) is 0.318. The molecule has 1 amide bonds. The van der Waals surface area contributed by atoms with Crippen molar-refractivity contribution in [3.63, 3.8) is 0 Å². The zero-order valence-corrected chi connectivity index (χ0v) is 17.4. The molecule has 3 rings (SSSR count). The summed E-state index contributed by atoms with van der Waals surface area (Å²) in [5, 5.41) is 4.55. The van der Waals surface area contributed by atoms with Gasteiger partial charge < -0.3 is 14.1 Å². The molecule has 0 radical (unpaired) electrons. The first-order chi connectivity index (χ1) is 13.8. The summed E-state index contributed by atoms with van der Waals surface area (Å²) in [5.41, 5.74) is 3.56. The van der Waals surface area contributed by atoms with Gasteiger partial charge in [0, 0.05) is 12.7 Å². The van der Waals surface area contributed by atoms with Gasteiger partial charge in [-0.25, -0.2) is 4.79 Å². The fourth-order valence-electron chi connectivity index (χ4n) is 3.35. The van der Waals surface area contributed by atoms with Crippen molar-refractivity contribution in [2.45, 2.75) is 33.9 Å². The SMILES string of the molecule is COC(=O)c1cc(CN(C)C(=O)c2c(C)nn(Cc3ccccc3)c2C)oc1C. The van der Waals surface area contributed by atoms with Gasteiger partial charge in [-0.3, -0.25) is 9.48 Å². The molecule has 0 aliphatic carbocycles. The predicted octanol–water partition coefficient (Wildman–Crippen LogP) is 3.51. The van der Waals surface area contributed by atoms with Crippen LogP contribution in [0.15, 0.2) is 40.8 Å². The Morgan fingerprint density at radius 2 is 1.86 bits per heavy atom. The first-order valence-electron chi connectivity index (χ1n) is 9.32. The molecule has 3 aromatic rings. The Balaban J connectivity index is 1.79. The molecule has 1 aromatic carbocycles. The van der Waals surface area contributed by atoms with Crippen LogP contribution in [0.5, 0.6) is 0 Å². The van der Waals surface area contributed by atoms with Gasteiger partial charge in [0.1, 0.15) is 17.1 Å². The highest BCUT2D eigenvalue weighted by Gasteiger charge is 2.23. The van der Waals surface area contributed by atoms with Crippen molar-refractivity contribution in [3.05, 3.63) is 76.0 Å². The van der Waals surface area contributed by atoms with Crippen LogP contribution in [0.25, 0.3) is 0 Å². The van der Waals surface area contributed by atoms with Crippen molar-refractivity contribution < 1.29 is 18.7 Å². The second kappa shape index (κ2) is 8.34. The molecule has 152 valence electrons. The van der Waals surface area contributed by atoms with Crippen LogP contribution >= 0.6 is 0 Å². The van der Waals surface area contributed by atoms with Gasteiger partial charge in [-0.1, -0.05) is 30.3 Å². The van der Waals surface area contributed by atoms with Gasteiger partial charge in [0.2, 0.25) is 0 Å². The van der Waals surface area contributed by atoms with E-state index in [1.54, 1.807) is 24.9 Å². The third-order valence-electron chi connectivity index (χ3n) is 4.88. The Kier molecular flexibility index (Phi) is 5.87. The molecule has 0 N–H and O–H groups in total. The summed E-state index contributed by atoms with van der Waals surface area (Å²) in [5.74, 6) is 0.384. The predicted molar refractivity (Wildman–Crippen MR) is 108 cm³/mol. The summed E-state index contributed by atoms with van der Waals surface area (Å²) in [7, 11) is 3.02. The number of furan rings is 1. The minimum atomic E-state index is -0.458. The molecule has 0 saturated carbocycles. The van der Waals surface area contributed by atoms with E-state index in [-0.39, 0.29) is 12.5 Å². The molecule has 7 nitrogen and oxygen atoms in total. The minimum absolute atomic E-state index is 0.145. The van der Waals surface area contributed by atoms with Gasteiger partial charge >= 0.3 is 5.97 Å². The molecule has 0 spiro atoms. The second-order valence-corrected chi connectivity index (χ2v) is 7.02. The maximum absolute atomic E-state index is 13.1. The average Bonchev–Trinajstić information content (AvgIpc) is 3.20. The first kappa shape index (κ1) is 20.4. The average molecular weight is 395 g/mol. The largest absolute Gasteiger partial charge is 0.465 e. The minimum Gasteiger partial charge on any atom is -0.465 e. The number of carbonyl (C=O) groups excluding carboxylic acids is 2. The molecule has 0 aliphatic heterocycles. The Morgan fingerprint density at radius 1 is 1.17 bits per heavy atom. The number of aromatic nitrogens is 2. The Bertz CT molecular complexity index is 1030. The molecule has 0 saturated heterocycles. The Hall–Kier alpha value is -3.35. The lowest BCUT2D eigenvalue weighted by Gasteiger charge is -2.16. The standard InChI is InChI=1S/C22H25N3O4/c1-14-20(15(2)25(23-14)12-17-9-7-6-8-10-17)21(26)24(4)13-18-11-19(16(3)29-18)22(27)28-5/h6-11H,12-13H2,1-5H3. The first-order valence-corrected chi connectivity index (χ1v) is 9.32. The van der Waals surface area contributed by atoms with Crippen LogP contribution in [-0.4, -0.2) is 40.7 Å². The number of hydrogen-bond acceptors (Lipinski definition) is 5. The quantitative estimate of drug-likeness (QED) is 0.597. The van der Waals surface area contributed by atoms with Crippen molar-refractivity contribution in [3.8, 4) is 0 Å². The van der Waals surface area contributed by atoms with E-state index < -0.39 is 5.97 Å². The molecule has 0 unspecified atom stereocenters. The molecular formula is C22H25N3O4. The van der Waals surface area contributed by atoms with Gasteiger partial charge in [-0.05, 0) is 32.4 Å². The van der Waals surface area contributed by atoms with Crippen molar-refractivity contribution in [1.29, 1.82) is 0 Å². The summed E-state index contributed by atoms with van der Waals surface area (Å²) in [6.45, 7) is 6.27. The van der Waals surface area contributed by atoms with E-state index >= 15 is 0 Å². The smallest absolute Gasteiger partial charge is 0.341 e. The normalized spacial score (nSPS) is 10.8. The number of amides is 1. The Labute approximate surface area is 169 Å². The fourth-order valence-corrected chi connectivity index (χ4v) is 3.35. The number of esters is 1. The molecule has 2 heterocycles. The van der Waals surface area contributed by atoms with Crippen molar-refractivity contribution >= 4 is 11.9 Å². The van der Waals surface area contributed by atoms with E-state index in [0.29, 0.717) is 34.9 Å². The van der Waals surface area contributed by atoms with Gasteiger partial charge in [-0.15, -0.1) is 0 Å². The van der Waals surface area contributed by atoms with Crippen LogP contribution in [0, 0.1) is 20.8 Å². The maximum Gasteiger partial charge on any atom is 0.341 e. The van der Waals surface area contributed by atoms with Gasteiger partial charge in [-0.2, -0.15) is 5.10 Å². The summed E-state index contributed by atoms with van der Waals surface area (Å²) >= 11 is 0. The molecule has 2 aromatic heterocycles. The van der Waals surface area contributed by atoms with Gasteiger partial charge in [0.05, 0.1) is 31.5 Å². The van der Waals surface area contributed by atoms with Crippen molar-refractivity contribution in [2.24, 2.45) is 0 Å². The van der Waals surface area contributed by atoms with Crippen molar-refractivity contribution in [1.82, 2.24) is 14.7 Å². The molecule has 0 bridgehead atoms. The number of benzene rings is 1. The van der Waals surface area contributed by atoms with E-state index in [9.17, 15) is 9.59 Å². The molecular weight excluding hydrogens is 370 g/mol. The lowest BCUT2D eigenvalue weighted by molar-refractivity contribution is 0.0598. The van der Waals surface area contributed by atoms with Crippen LogP contribution in [0.1, 0.15) is 49.2 Å². The number of nitrogens with zero attached hydrogens (tertiary/aromatic N) is 3. The molecule has 0 fully saturated rings. The lowest BCUT2D eigenvalue weighted by Crippen LogP contribution is -2.27. The number of carbonyl (C=O) groups is 2. The van der Waals surface area contributed by atoms with Crippen LogP contribution in [0.2, 0.25) is 0 Å². The highest BCUT2D eigenvalue weighted by Crippen LogP contribution is 2.20. The topological polar surface area (TPSA) is 77.6 Å². The zero-order chi connectivity index (χ0) is 21.1. The zero-order valence-electron chi connectivity index (χ0n) is 17.4. The maximum atomic E-state index is 13.1. The number of methoxy groups -OCH3 is 1. The molecule has 0 aliphatic rings. The van der Waals surface area contributed by atoms with Crippen LogP contribution in [0.4, 0.5) is 0 Å². The summed E-state index contributed by atoms with van der Waals surface area (Å²) in [6.07, 6.45) is 0. The number of rotatable bonds is 6. The van der Waals surface area contributed by atoms with E-state index in [2.05, 4.69) is 5.10 Å². The van der Waals surface area contributed by atoms with Crippen LogP contribution in [-0.2, 0) is 17.8 Å². The lowest BCUT2D eigenvalue weighted by atomic mass is 10.1. The third kappa shape index (κ3) is 4.23. The number of aryl methyl sites for hydroxylation is 2. The van der Waals surface area contributed by atoms with Crippen molar-refractivity contribution in [2.75, 3.05) is 14.2 Å². The second-order valence-electron chi connectivity index (χ2n) is 7.02. The van der Waals surface area contributed by atoms with E-state index in [0.717, 1.165) is 11.3 Å². The highest BCUT2D eigenvalue weighted by atomic mass is 16.5. The van der Waals surface area contributed by atoms with Crippen LogP contribution in [0.3, 0.4) is 0 Å². The third-order valence-corrected chi connectivity index (χ3v) is 4.88. The molecule has 7 heteroatoms. The van der Waals surface area contributed by atoms with Crippen LogP contribution < -0.4 is 0 Å². The van der Waals surface area contributed by atoms with Gasteiger partial charge in [0.15, 0.2) is 0 Å². The summed E-state index contributed by atoms with van der Waals surface area (Å²) < 4.78 is 12.2. The molecule has 29 heavy (non-hydrogen) atoms. The monoisotopic (exact) mass is 395 g/mol. The van der Waals surface area contributed by atoms with E-state index in [1.165, 1.54) is 7.11 Å². The summed E-state index contributed by atoms with van der Waals surface area (Å²) in [4.78, 5) is 26.4. The number of ether oxygens (including phenoxy) is 1. The van der Waals surface area contributed by atoms with E-state index in [4.69, 9.17) is 9.15 Å². The Morgan fingerprint density at radius 3 is 2.52 bits per heavy atom. The van der Waals surface area contributed by atoms with E-state index in [1.807, 2.05) is 48.9 Å².